The third-order valence-electron chi connectivity index (χ3n) is 6.03. The second kappa shape index (κ2) is 7.29. The zero-order valence-electron chi connectivity index (χ0n) is 17.1. The largest absolute Gasteiger partial charge is 0.426 e. The smallest absolute Gasteiger partial charge is 0.328 e. The Kier molecular flexibility index (Phi) is 5.33. The molecular weight excluding hydrogens is 354 g/mol. The molecule has 0 aliphatic carbocycles. The summed E-state index contributed by atoms with van der Waals surface area (Å²) in [4.78, 5) is 24.7. The van der Waals surface area contributed by atoms with E-state index in [2.05, 4.69) is 27.7 Å². The van der Waals surface area contributed by atoms with Gasteiger partial charge in [-0.05, 0) is 67.8 Å². The molecule has 0 radical (unpaired) electrons. The van der Waals surface area contributed by atoms with Crippen LogP contribution in [0.15, 0.2) is 42.5 Å². The lowest BCUT2D eigenvalue weighted by Gasteiger charge is -2.34. The summed E-state index contributed by atoms with van der Waals surface area (Å²) in [6.45, 7) is 9.76. The average molecular weight is 380 g/mol. The molecule has 146 valence electrons. The number of ketones is 2. The lowest BCUT2D eigenvalue weighted by atomic mass is 9.52. The Balaban J connectivity index is 2.06. The van der Waals surface area contributed by atoms with Crippen molar-refractivity contribution in [2.45, 2.75) is 53.0 Å². The highest BCUT2D eigenvalue weighted by atomic mass is 19.1. The van der Waals surface area contributed by atoms with Crippen molar-refractivity contribution in [1.29, 1.82) is 0 Å². The summed E-state index contributed by atoms with van der Waals surface area (Å²) in [6, 6.07) is 11.1. The fourth-order valence-electron chi connectivity index (χ4n) is 3.68. The lowest BCUT2D eigenvalue weighted by Crippen LogP contribution is -2.38. The van der Waals surface area contributed by atoms with Gasteiger partial charge in [0.05, 0.1) is 5.60 Å². The maximum absolute atomic E-state index is 13.3. The first-order valence-electron chi connectivity index (χ1n) is 9.60. The molecule has 5 heteroatoms. The molecule has 0 saturated carbocycles. The average Bonchev–Trinajstić information content (AvgIpc) is 2.82. The van der Waals surface area contributed by atoms with E-state index >= 15 is 0 Å². The quantitative estimate of drug-likeness (QED) is 0.576. The van der Waals surface area contributed by atoms with E-state index in [0.29, 0.717) is 17.5 Å². The normalized spacial score (nSPS) is 17.6. The van der Waals surface area contributed by atoms with Crippen molar-refractivity contribution in [3.8, 4) is 0 Å². The summed E-state index contributed by atoms with van der Waals surface area (Å²) in [5, 5.41) is 0. The highest BCUT2D eigenvalue weighted by Crippen LogP contribution is 2.45. The van der Waals surface area contributed by atoms with Gasteiger partial charge in [0, 0.05) is 17.5 Å². The molecule has 1 aliphatic heterocycles. The molecule has 0 bridgehead atoms. The standard InChI is InChI=1S/C23H26BFO3/c1-15(26)12-16-6-11-19(21(27)17-7-9-18(25)10-8-17)20(13-16)24-14-22(2,3)23(4,5)28-24/h6-11,13H,12,14H2,1-5H3. The number of carbonyl (C=O) groups excluding carboxylic acids is 2. The van der Waals surface area contributed by atoms with Crippen molar-refractivity contribution in [2.24, 2.45) is 5.41 Å². The Morgan fingerprint density at radius 3 is 2.25 bits per heavy atom. The molecule has 0 amide bonds. The molecule has 1 fully saturated rings. The molecule has 0 spiro atoms. The number of hydrogen-bond acceptors (Lipinski definition) is 3. The van der Waals surface area contributed by atoms with Crippen LogP contribution < -0.4 is 5.46 Å². The molecule has 0 aromatic heterocycles. The number of Topliss-reactive ketones (excluding diaryl/α,β-unsaturated/α-hetero) is 1. The van der Waals surface area contributed by atoms with Gasteiger partial charge >= 0.3 is 6.92 Å². The monoisotopic (exact) mass is 380 g/mol. The van der Waals surface area contributed by atoms with Gasteiger partial charge in [0.25, 0.3) is 0 Å². The van der Waals surface area contributed by atoms with Gasteiger partial charge in [0.15, 0.2) is 5.78 Å². The van der Waals surface area contributed by atoms with Gasteiger partial charge in [-0.3, -0.25) is 9.59 Å². The Morgan fingerprint density at radius 1 is 1.07 bits per heavy atom. The molecule has 28 heavy (non-hydrogen) atoms. The van der Waals surface area contributed by atoms with E-state index in [1.807, 2.05) is 12.1 Å². The lowest BCUT2D eigenvalue weighted by molar-refractivity contribution is -0.116. The molecular formula is C23H26BFO3. The van der Waals surface area contributed by atoms with E-state index in [-0.39, 0.29) is 35.3 Å². The fourth-order valence-corrected chi connectivity index (χ4v) is 3.68. The SMILES string of the molecule is CC(=O)Cc1ccc(C(=O)c2ccc(F)cc2)c(B2CC(C)(C)C(C)(C)O2)c1. The van der Waals surface area contributed by atoms with Crippen LogP contribution in [-0.4, -0.2) is 24.1 Å². The Bertz CT molecular complexity index is 900. The second-order valence-electron chi connectivity index (χ2n) is 8.84. The molecule has 0 N–H and O–H groups in total. The molecule has 2 aromatic rings. The maximum Gasteiger partial charge on any atom is 0.328 e. The van der Waals surface area contributed by atoms with Crippen molar-refractivity contribution < 1.29 is 18.6 Å². The topological polar surface area (TPSA) is 43.4 Å². The first kappa shape index (κ1) is 20.5. The highest BCUT2D eigenvalue weighted by Gasteiger charge is 2.50. The minimum atomic E-state index is -0.379. The van der Waals surface area contributed by atoms with Crippen molar-refractivity contribution in [3.63, 3.8) is 0 Å². The van der Waals surface area contributed by atoms with E-state index < -0.39 is 0 Å². The van der Waals surface area contributed by atoms with Crippen LogP contribution in [0, 0.1) is 11.2 Å². The summed E-state index contributed by atoms with van der Waals surface area (Å²) in [5.74, 6) is -0.483. The van der Waals surface area contributed by atoms with Crippen molar-refractivity contribution >= 4 is 23.9 Å². The Morgan fingerprint density at radius 2 is 1.71 bits per heavy atom. The number of hydrogen-bond donors (Lipinski definition) is 0. The molecule has 3 rings (SSSR count). The number of rotatable bonds is 5. The molecule has 0 atom stereocenters. The van der Waals surface area contributed by atoms with Gasteiger partial charge < -0.3 is 4.65 Å². The first-order chi connectivity index (χ1) is 13.0. The molecule has 1 heterocycles. The Hall–Kier alpha value is -2.27. The molecule has 1 saturated heterocycles. The third-order valence-corrected chi connectivity index (χ3v) is 6.03. The van der Waals surface area contributed by atoms with Crippen LogP contribution in [0.2, 0.25) is 6.32 Å². The first-order valence-corrected chi connectivity index (χ1v) is 9.60. The van der Waals surface area contributed by atoms with Crippen LogP contribution in [0.4, 0.5) is 4.39 Å². The molecule has 1 aliphatic rings. The fraction of sp³-hybridized carbons (Fsp3) is 0.391. The predicted octanol–water partition coefficient (Wildman–Crippen LogP) is 4.22. The molecule has 0 unspecified atom stereocenters. The summed E-state index contributed by atoms with van der Waals surface area (Å²) in [5.41, 5.74) is 2.22. The van der Waals surface area contributed by atoms with E-state index in [9.17, 15) is 14.0 Å². The van der Waals surface area contributed by atoms with Gasteiger partial charge in [0.1, 0.15) is 11.6 Å². The van der Waals surface area contributed by atoms with Crippen molar-refractivity contribution in [3.05, 3.63) is 65.0 Å². The minimum Gasteiger partial charge on any atom is -0.426 e. The second-order valence-corrected chi connectivity index (χ2v) is 8.84. The van der Waals surface area contributed by atoms with Gasteiger partial charge in [-0.2, -0.15) is 0 Å². The summed E-state index contributed by atoms with van der Waals surface area (Å²) in [7, 11) is 0. The van der Waals surface area contributed by atoms with Gasteiger partial charge in [-0.1, -0.05) is 32.0 Å². The minimum absolute atomic E-state index is 0.0650. The zero-order valence-corrected chi connectivity index (χ0v) is 17.1. The van der Waals surface area contributed by atoms with E-state index in [1.54, 1.807) is 13.0 Å². The number of carbonyl (C=O) groups is 2. The van der Waals surface area contributed by atoms with Crippen molar-refractivity contribution in [2.75, 3.05) is 0 Å². The predicted molar refractivity (Wildman–Crippen MR) is 110 cm³/mol. The maximum atomic E-state index is 13.3. The van der Waals surface area contributed by atoms with Crippen LogP contribution in [-0.2, 0) is 15.9 Å². The molecule has 3 nitrogen and oxygen atoms in total. The van der Waals surface area contributed by atoms with Crippen LogP contribution in [0.25, 0.3) is 0 Å². The number of halogens is 1. The van der Waals surface area contributed by atoms with Crippen molar-refractivity contribution in [1.82, 2.24) is 0 Å². The van der Waals surface area contributed by atoms with Gasteiger partial charge in [-0.15, -0.1) is 0 Å². The zero-order chi connectivity index (χ0) is 20.7. The molecule has 2 aromatic carbocycles. The summed E-state index contributed by atoms with van der Waals surface area (Å²) < 4.78 is 19.6. The van der Waals surface area contributed by atoms with Gasteiger partial charge in [-0.25, -0.2) is 4.39 Å². The van der Waals surface area contributed by atoms with Crippen LogP contribution >= 0.6 is 0 Å². The summed E-state index contributed by atoms with van der Waals surface area (Å²) >= 11 is 0. The highest BCUT2D eigenvalue weighted by molar-refractivity contribution is 6.69. The van der Waals surface area contributed by atoms with Crippen LogP contribution in [0.1, 0.15) is 56.1 Å². The van der Waals surface area contributed by atoms with Gasteiger partial charge in [0.2, 0.25) is 0 Å². The summed E-state index contributed by atoms with van der Waals surface area (Å²) in [6.07, 6.45) is 1.09. The Labute approximate surface area is 166 Å². The number of benzene rings is 2. The van der Waals surface area contributed by atoms with Crippen LogP contribution in [0.3, 0.4) is 0 Å². The van der Waals surface area contributed by atoms with E-state index in [4.69, 9.17) is 4.65 Å². The third kappa shape index (κ3) is 3.95. The van der Waals surface area contributed by atoms with E-state index in [0.717, 1.165) is 17.3 Å². The van der Waals surface area contributed by atoms with Crippen LogP contribution in [0.5, 0.6) is 0 Å². The van der Waals surface area contributed by atoms with E-state index in [1.165, 1.54) is 24.3 Å².